The van der Waals surface area contributed by atoms with Crippen molar-refractivity contribution in [1.82, 2.24) is 15.0 Å². The number of benzene rings is 2. The molecule has 1 aromatic heterocycles. The van der Waals surface area contributed by atoms with Crippen molar-refractivity contribution in [3.8, 4) is 11.5 Å². The predicted octanol–water partition coefficient (Wildman–Crippen LogP) is 9.31. The van der Waals surface area contributed by atoms with Crippen molar-refractivity contribution in [3.63, 3.8) is 0 Å². The van der Waals surface area contributed by atoms with Gasteiger partial charge in [0.1, 0.15) is 16.6 Å². The molecule has 248 valence electrons. The summed E-state index contributed by atoms with van der Waals surface area (Å²) in [4.78, 5) is 1.78. The number of aromatic nitrogens is 3. The van der Waals surface area contributed by atoms with Crippen molar-refractivity contribution in [3.05, 3.63) is 54.6 Å². The van der Waals surface area contributed by atoms with Crippen LogP contribution in [0.15, 0.2) is 54.6 Å². The summed E-state index contributed by atoms with van der Waals surface area (Å²) in [5.74, 6) is 1.67. The lowest BCUT2D eigenvalue weighted by atomic mass is 9.65. The Morgan fingerprint density at radius 2 is 1.38 bits per heavy atom. The van der Waals surface area contributed by atoms with Crippen molar-refractivity contribution >= 4 is 16.7 Å². The van der Waals surface area contributed by atoms with Crippen LogP contribution < -0.4 is 4.74 Å². The highest BCUT2D eigenvalue weighted by Crippen LogP contribution is 2.49. The standard InChI is InChI=1S/C38H57N3O4/c1-7-11-17-30(9-3)24-43-27-38(28-44-25-31(10-4)18-12-8-2)26-37(6,45-36-22-16-15-21-35(36)42)23-34(29(38)5)41-39-32-19-13-14-20-33(32)40-41/h13-16,19-23,29-31,42H,7-12,17-18,24-28H2,1-6H3. The molecule has 7 heteroatoms. The van der Waals surface area contributed by atoms with Crippen molar-refractivity contribution in [1.29, 1.82) is 0 Å². The molecule has 4 rings (SSSR count). The van der Waals surface area contributed by atoms with Crippen molar-refractivity contribution < 1.29 is 19.3 Å². The first-order valence-corrected chi connectivity index (χ1v) is 17.4. The van der Waals surface area contributed by atoms with Crippen LogP contribution in [0.4, 0.5) is 0 Å². The number of hydrogen-bond acceptors (Lipinski definition) is 6. The molecule has 1 aliphatic rings. The third kappa shape index (κ3) is 9.10. The first-order chi connectivity index (χ1) is 21.8. The van der Waals surface area contributed by atoms with Gasteiger partial charge in [0.2, 0.25) is 0 Å². The Labute approximate surface area is 271 Å². The van der Waals surface area contributed by atoms with E-state index in [0.29, 0.717) is 37.2 Å². The zero-order valence-corrected chi connectivity index (χ0v) is 28.6. The molecule has 1 N–H and O–H groups in total. The molecule has 0 saturated heterocycles. The van der Waals surface area contributed by atoms with E-state index in [2.05, 4.69) is 47.6 Å². The molecule has 1 heterocycles. The van der Waals surface area contributed by atoms with Gasteiger partial charge in [0, 0.05) is 31.0 Å². The van der Waals surface area contributed by atoms with Gasteiger partial charge in [-0.1, -0.05) is 97.4 Å². The molecule has 2 aromatic carbocycles. The van der Waals surface area contributed by atoms with Crippen LogP contribution in [0.5, 0.6) is 11.5 Å². The highest BCUT2D eigenvalue weighted by molar-refractivity contribution is 5.74. The number of hydrogen-bond donors (Lipinski definition) is 1. The largest absolute Gasteiger partial charge is 0.504 e. The summed E-state index contributed by atoms with van der Waals surface area (Å²) in [5, 5.41) is 20.5. The number of ether oxygens (including phenoxy) is 3. The van der Waals surface area contributed by atoms with Gasteiger partial charge < -0.3 is 19.3 Å². The maximum atomic E-state index is 10.7. The molecule has 4 atom stereocenters. The Bertz CT molecular complexity index is 1300. The van der Waals surface area contributed by atoms with E-state index in [1.807, 2.05) is 42.5 Å². The maximum absolute atomic E-state index is 10.7. The second-order valence-electron chi connectivity index (χ2n) is 13.6. The van der Waals surface area contributed by atoms with Crippen LogP contribution in [-0.2, 0) is 9.47 Å². The molecular formula is C38H57N3O4. The summed E-state index contributed by atoms with van der Waals surface area (Å²) >= 11 is 0. The predicted molar refractivity (Wildman–Crippen MR) is 183 cm³/mol. The SMILES string of the molecule is CCCCC(CC)COCC1(COCC(CC)CCCC)CC(C)(Oc2ccccc2O)C=C(n2nc3ccccc3n2)C1C. The van der Waals surface area contributed by atoms with Crippen molar-refractivity contribution in [2.45, 2.75) is 105 Å². The molecule has 0 fully saturated rings. The third-order valence-corrected chi connectivity index (χ3v) is 9.82. The van der Waals surface area contributed by atoms with Gasteiger partial charge in [-0.2, -0.15) is 4.80 Å². The average molecular weight is 620 g/mol. The Morgan fingerprint density at radius 1 is 0.844 bits per heavy atom. The minimum absolute atomic E-state index is 0.0202. The third-order valence-electron chi connectivity index (χ3n) is 9.82. The van der Waals surface area contributed by atoms with E-state index in [-0.39, 0.29) is 11.7 Å². The van der Waals surface area contributed by atoms with E-state index < -0.39 is 11.0 Å². The fourth-order valence-electron chi connectivity index (χ4n) is 6.77. The molecule has 0 bridgehead atoms. The van der Waals surface area contributed by atoms with E-state index in [1.54, 1.807) is 10.9 Å². The second kappa shape index (κ2) is 16.6. The van der Waals surface area contributed by atoms with Crippen LogP contribution in [0.2, 0.25) is 0 Å². The lowest BCUT2D eigenvalue weighted by molar-refractivity contribution is -0.0884. The fourth-order valence-corrected chi connectivity index (χ4v) is 6.77. The van der Waals surface area contributed by atoms with Gasteiger partial charge >= 0.3 is 0 Å². The van der Waals surface area contributed by atoms with E-state index >= 15 is 0 Å². The number of phenolic OH excluding ortho intramolecular Hbond substituents is 1. The number of unbranched alkanes of at least 4 members (excludes halogenated alkanes) is 2. The highest BCUT2D eigenvalue weighted by atomic mass is 16.5. The van der Waals surface area contributed by atoms with Crippen LogP contribution in [0.25, 0.3) is 16.7 Å². The highest BCUT2D eigenvalue weighted by Gasteiger charge is 2.50. The zero-order valence-electron chi connectivity index (χ0n) is 28.6. The Kier molecular flexibility index (Phi) is 12.9. The lowest BCUT2D eigenvalue weighted by Crippen LogP contribution is -2.51. The summed E-state index contributed by atoms with van der Waals surface area (Å²) in [5.41, 5.74) is 1.47. The average Bonchev–Trinajstić information content (AvgIpc) is 3.48. The first kappa shape index (κ1) is 35.0. The van der Waals surface area contributed by atoms with Gasteiger partial charge in [0.05, 0.1) is 18.9 Å². The number of fused-ring (bicyclic) bond motifs is 1. The van der Waals surface area contributed by atoms with Gasteiger partial charge in [0.25, 0.3) is 0 Å². The van der Waals surface area contributed by atoms with Gasteiger partial charge in [-0.15, -0.1) is 10.2 Å². The monoisotopic (exact) mass is 619 g/mol. The van der Waals surface area contributed by atoms with E-state index in [1.165, 1.54) is 38.5 Å². The maximum Gasteiger partial charge on any atom is 0.162 e. The van der Waals surface area contributed by atoms with Crippen molar-refractivity contribution in [2.24, 2.45) is 23.2 Å². The number of para-hydroxylation sites is 2. The molecule has 0 aliphatic heterocycles. The molecule has 45 heavy (non-hydrogen) atoms. The van der Waals surface area contributed by atoms with Gasteiger partial charge in [-0.3, -0.25) is 0 Å². The van der Waals surface area contributed by atoms with Crippen LogP contribution in [-0.4, -0.2) is 52.1 Å². The van der Waals surface area contributed by atoms with Gasteiger partial charge in [0.15, 0.2) is 11.5 Å². The number of aromatic hydroxyl groups is 1. The Hall–Kier alpha value is -2.90. The van der Waals surface area contributed by atoms with E-state index in [4.69, 9.17) is 24.4 Å². The van der Waals surface area contributed by atoms with E-state index in [0.717, 1.165) is 42.8 Å². The summed E-state index contributed by atoms with van der Waals surface area (Å²) in [7, 11) is 0. The molecule has 3 aromatic rings. The molecule has 0 radical (unpaired) electrons. The first-order valence-electron chi connectivity index (χ1n) is 17.4. The Morgan fingerprint density at radius 3 is 1.89 bits per heavy atom. The van der Waals surface area contributed by atoms with Crippen molar-refractivity contribution in [2.75, 3.05) is 26.4 Å². The number of phenols is 1. The zero-order chi connectivity index (χ0) is 32.3. The molecular weight excluding hydrogens is 562 g/mol. The Balaban J connectivity index is 1.71. The lowest BCUT2D eigenvalue weighted by Gasteiger charge is -2.48. The topological polar surface area (TPSA) is 78.6 Å². The molecule has 0 spiro atoms. The number of rotatable bonds is 19. The summed E-state index contributed by atoms with van der Waals surface area (Å²) in [6, 6.07) is 15.1. The molecule has 0 saturated carbocycles. The van der Waals surface area contributed by atoms with Crippen LogP contribution in [0.3, 0.4) is 0 Å². The van der Waals surface area contributed by atoms with Crippen LogP contribution in [0.1, 0.15) is 99.3 Å². The molecule has 7 nitrogen and oxygen atoms in total. The molecule has 1 aliphatic carbocycles. The fraction of sp³-hybridized carbons (Fsp3) is 0.632. The summed E-state index contributed by atoms with van der Waals surface area (Å²) in [6.07, 6.45) is 12.2. The minimum atomic E-state index is -0.772. The quantitative estimate of drug-likeness (QED) is 0.144. The molecule has 0 amide bonds. The number of nitrogens with zero attached hydrogens (tertiary/aromatic N) is 3. The van der Waals surface area contributed by atoms with E-state index in [9.17, 15) is 5.11 Å². The smallest absolute Gasteiger partial charge is 0.162 e. The minimum Gasteiger partial charge on any atom is -0.504 e. The van der Waals surface area contributed by atoms with Gasteiger partial charge in [-0.25, -0.2) is 0 Å². The number of allylic oxidation sites excluding steroid dienone is 1. The summed E-state index contributed by atoms with van der Waals surface area (Å²) < 4.78 is 20.1. The molecule has 4 unspecified atom stereocenters. The second-order valence-corrected chi connectivity index (χ2v) is 13.6. The normalized spacial score (nSPS) is 23.2. The van der Waals surface area contributed by atoms with Crippen LogP contribution in [0, 0.1) is 23.2 Å². The summed E-state index contributed by atoms with van der Waals surface area (Å²) in [6.45, 7) is 15.9. The van der Waals surface area contributed by atoms with Gasteiger partial charge in [-0.05, 0) is 61.9 Å². The van der Waals surface area contributed by atoms with Crippen LogP contribution >= 0.6 is 0 Å².